The highest BCUT2D eigenvalue weighted by Gasteiger charge is 2.63. The molecule has 0 saturated carbocycles. The number of ether oxygens (including phenoxy) is 1. The Hall–Kier alpha value is -2.46. The minimum absolute atomic E-state index is 0.249. The Kier molecular flexibility index (Phi) is 4.35. The first kappa shape index (κ1) is 16.6. The topological polar surface area (TPSA) is 81.5 Å². The molecule has 0 aliphatic carbocycles. The number of nitrogens with one attached hydrogen (secondary N) is 1. The third-order valence-corrected chi connectivity index (χ3v) is 2.27. The minimum Gasteiger partial charge on any atom is -0.490 e. The fraction of sp³-hybridized carbons (Fsp3) is 0.300. The lowest BCUT2D eigenvalue weighted by Crippen LogP contribution is -2.47. The number of carbonyl (C=O) groups excluding carboxylic acids is 1. The van der Waals surface area contributed by atoms with E-state index in [2.05, 4.69) is 4.74 Å². The van der Waals surface area contributed by atoms with Gasteiger partial charge in [-0.25, -0.2) is 0 Å². The van der Waals surface area contributed by atoms with E-state index in [0.29, 0.717) is 6.07 Å². The number of hydrogen-bond donors (Lipinski definition) is 1. The summed E-state index contributed by atoms with van der Waals surface area (Å²) in [6, 6.07) is 2.43. The number of benzene rings is 1. The Bertz CT molecular complexity index is 573. The number of alkyl halides is 5. The molecule has 6 nitrogen and oxygen atoms in total. The number of carbonyl (C=O) groups is 1. The van der Waals surface area contributed by atoms with Gasteiger partial charge in [0.05, 0.1) is 12.0 Å². The van der Waals surface area contributed by atoms with Gasteiger partial charge < -0.3 is 10.1 Å². The quantitative estimate of drug-likeness (QED) is 0.526. The number of anilines is 1. The molecule has 0 saturated heterocycles. The van der Waals surface area contributed by atoms with Gasteiger partial charge >= 0.3 is 23.7 Å². The summed E-state index contributed by atoms with van der Waals surface area (Å²) in [6.07, 6.45) is -6.07. The Morgan fingerprint density at radius 3 is 2.29 bits per heavy atom. The van der Waals surface area contributed by atoms with Gasteiger partial charge in [-0.05, 0) is 12.1 Å². The molecule has 0 atom stereocenters. The second kappa shape index (κ2) is 5.50. The minimum atomic E-state index is -6.07. The number of rotatable bonds is 4. The van der Waals surface area contributed by atoms with E-state index >= 15 is 0 Å². The summed E-state index contributed by atoms with van der Waals surface area (Å²) >= 11 is 0. The third kappa shape index (κ3) is 3.35. The van der Waals surface area contributed by atoms with E-state index in [4.69, 9.17) is 0 Å². The first-order valence-corrected chi connectivity index (χ1v) is 5.09. The molecule has 0 fully saturated rings. The molecule has 21 heavy (non-hydrogen) atoms. The monoisotopic (exact) mass is 314 g/mol. The molecule has 0 aliphatic rings. The van der Waals surface area contributed by atoms with Crippen LogP contribution in [0, 0.1) is 10.1 Å². The van der Waals surface area contributed by atoms with Gasteiger partial charge in [0.25, 0.3) is 0 Å². The fourth-order valence-corrected chi connectivity index (χ4v) is 1.25. The highest BCUT2D eigenvalue weighted by atomic mass is 19.4. The van der Waals surface area contributed by atoms with Gasteiger partial charge in [-0.3, -0.25) is 14.9 Å². The van der Waals surface area contributed by atoms with E-state index in [9.17, 15) is 36.9 Å². The zero-order chi connectivity index (χ0) is 16.4. The van der Waals surface area contributed by atoms with E-state index < -0.39 is 34.3 Å². The van der Waals surface area contributed by atoms with Crippen LogP contribution in [-0.4, -0.2) is 30.0 Å². The van der Waals surface area contributed by atoms with Crippen molar-refractivity contribution in [1.82, 2.24) is 0 Å². The van der Waals surface area contributed by atoms with Gasteiger partial charge in [0, 0.05) is 11.8 Å². The normalized spacial score (nSPS) is 11.9. The van der Waals surface area contributed by atoms with Gasteiger partial charge in [-0.1, -0.05) is 0 Å². The van der Waals surface area contributed by atoms with Crippen molar-refractivity contribution in [3.63, 3.8) is 0 Å². The van der Waals surface area contributed by atoms with Crippen molar-refractivity contribution in [2.24, 2.45) is 0 Å². The summed E-state index contributed by atoms with van der Waals surface area (Å²) in [5, 5.41) is 11.9. The summed E-state index contributed by atoms with van der Waals surface area (Å²) < 4.78 is 66.0. The zero-order valence-corrected chi connectivity index (χ0v) is 10.2. The summed E-state index contributed by atoms with van der Waals surface area (Å²) in [5.74, 6) is -8.52. The van der Waals surface area contributed by atoms with Crippen LogP contribution in [0.15, 0.2) is 18.2 Å². The van der Waals surface area contributed by atoms with Crippen molar-refractivity contribution in [2.75, 3.05) is 12.4 Å². The van der Waals surface area contributed by atoms with E-state index in [-0.39, 0.29) is 5.75 Å². The van der Waals surface area contributed by atoms with Gasteiger partial charge in [-0.2, -0.15) is 22.0 Å². The maximum atomic E-state index is 12.7. The molecular weight excluding hydrogens is 307 g/mol. The molecule has 0 heterocycles. The number of hydrogen-bond acceptors (Lipinski definition) is 4. The Morgan fingerprint density at radius 1 is 1.29 bits per heavy atom. The lowest BCUT2D eigenvalue weighted by atomic mass is 10.2. The van der Waals surface area contributed by atoms with Gasteiger partial charge in [0.15, 0.2) is 5.75 Å². The maximum Gasteiger partial charge on any atom is 0.463 e. The Labute approximate surface area is 113 Å². The van der Waals surface area contributed by atoms with Crippen molar-refractivity contribution < 1.29 is 36.4 Å². The van der Waals surface area contributed by atoms with Crippen LogP contribution in [0.25, 0.3) is 0 Å². The van der Waals surface area contributed by atoms with E-state index in [1.54, 1.807) is 0 Å². The predicted molar refractivity (Wildman–Crippen MR) is 59.3 cm³/mol. The lowest BCUT2D eigenvalue weighted by molar-refractivity contribution is -0.385. The van der Waals surface area contributed by atoms with Crippen molar-refractivity contribution >= 4 is 17.3 Å². The molecule has 0 spiro atoms. The predicted octanol–water partition coefficient (Wildman–Crippen LogP) is 2.74. The van der Waals surface area contributed by atoms with Crippen LogP contribution < -0.4 is 10.1 Å². The third-order valence-electron chi connectivity index (χ3n) is 2.27. The molecule has 1 aromatic rings. The average Bonchev–Trinajstić information content (AvgIpc) is 2.37. The number of methoxy groups -OCH3 is 1. The van der Waals surface area contributed by atoms with Crippen LogP contribution in [0.5, 0.6) is 5.75 Å². The molecule has 11 heteroatoms. The second-order valence-corrected chi connectivity index (χ2v) is 3.67. The number of amides is 1. The van der Waals surface area contributed by atoms with Crippen molar-refractivity contribution in [3.8, 4) is 5.75 Å². The lowest BCUT2D eigenvalue weighted by Gasteiger charge is -2.18. The fourth-order valence-electron chi connectivity index (χ4n) is 1.25. The number of halogens is 5. The highest BCUT2D eigenvalue weighted by molar-refractivity contribution is 5.97. The van der Waals surface area contributed by atoms with Crippen LogP contribution in [0.2, 0.25) is 0 Å². The Morgan fingerprint density at radius 2 is 1.86 bits per heavy atom. The molecule has 1 rings (SSSR count). The van der Waals surface area contributed by atoms with Crippen LogP contribution in [-0.2, 0) is 4.79 Å². The zero-order valence-electron chi connectivity index (χ0n) is 10.2. The summed E-state index contributed by atoms with van der Waals surface area (Å²) in [7, 11) is 1.10. The SMILES string of the molecule is COc1ccc(NC(=O)C(F)(F)C(F)(F)F)cc1[N+](=O)[O-]. The number of nitro benzene ring substituents is 1. The highest BCUT2D eigenvalue weighted by Crippen LogP contribution is 2.37. The largest absolute Gasteiger partial charge is 0.490 e. The molecule has 0 radical (unpaired) electrons. The standard InChI is InChI=1S/C10H7F5N2O4/c1-21-7-3-2-5(4-6(7)17(19)20)16-8(18)9(11,12)10(13,14)15/h2-4H,1H3,(H,16,18). The maximum absolute atomic E-state index is 12.7. The molecular formula is C10H7F5N2O4. The second-order valence-electron chi connectivity index (χ2n) is 3.67. The molecule has 0 unspecified atom stereocenters. The molecule has 0 bridgehead atoms. The summed E-state index contributed by atoms with van der Waals surface area (Å²) in [5.41, 5.74) is -1.30. The van der Waals surface area contributed by atoms with Gasteiger partial charge in [0.2, 0.25) is 0 Å². The average molecular weight is 314 g/mol. The number of nitrogens with zero attached hydrogens (tertiary/aromatic N) is 1. The smallest absolute Gasteiger partial charge is 0.463 e. The molecule has 1 amide bonds. The van der Waals surface area contributed by atoms with E-state index in [1.807, 2.05) is 0 Å². The molecule has 0 aliphatic heterocycles. The first-order chi connectivity index (χ1) is 9.50. The van der Waals surface area contributed by atoms with Crippen LogP contribution in [0.4, 0.5) is 33.3 Å². The first-order valence-electron chi connectivity index (χ1n) is 5.09. The van der Waals surface area contributed by atoms with Crippen LogP contribution in [0.1, 0.15) is 0 Å². The van der Waals surface area contributed by atoms with E-state index in [1.165, 1.54) is 5.32 Å². The summed E-state index contributed by atoms with van der Waals surface area (Å²) in [4.78, 5) is 20.6. The van der Waals surface area contributed by atoms with Gasteiger partial charge in [-0.15, -0.1) is 0 Å². The van der Waals surface area contributed by atoms with Crippen molar-refractivity contribution in [2.45, 2.75) is 12.1 Å². The van der Waals surface area contributed by atoms with Crippen LogP contribution in [0.3, 0.4) is 0 Å². The molecule has 1 N–H and O–H groups in total. The molecule has 116 valence electrons. The van der Waals surface area contributed by atoms with Crippen LogP contribution >= 0.6 is 0 Å². The number of nitro groups is 1. The van der Waals surface area contributed by atoms with E-state index in [0.717, 1.165) is 19.2 Å². The van der Waals surface area contributed by atoms with Gasteiger partial charge in [0.1, 0.15) is 0 Å². The van der Waals surface area contributed by atoms with Crippen molar-refractivity contribution in [1.29, 1.82) is 0 Å². The summed E-state index contributed by atoms with van der Waals surface area (Å²) in [6.45, 7) is 0. The molecule has 1 aromatic carbocycles. The molecule has 0 aromatic heterocycles. The van der Waals surface area contributed by atoms with Crippen molar-refractivity contribution in [3.05, 3.63) is 28.3 Å². The Balaban J connectivity index is 3.07.